The van der Waals surface area contributed by atoms with Crippen LogP contribution in [0, 0.1) is 0 Å². The largest absolute Gasteiger partial charge is 0.419 e. The molecule has 0 aliphatic carbocycles. The van der Waals surface area contributed by atoms with Crippen LogP contribution in [-0.2, 0) is 6.54 Å². The summed E-state index contributed by atoms with van der Waals surface area (Å²) in [5.74, 6) is 1.72. The fourth-order valence-corrected chi connectivity index (χ4v) is 1.60. The Morgan fingerprint density at radius 1 is 1.18 bits per heavy atom. The second-order valence-corrected chi connectivity index (χ2v) is 4.31. The lowest BCUT2D eigenvalue weighted by atomic mass is 10.0. The van der Waals surface area contributed by atoms with Gasteiger partial charge in [-0.3, -0.25) is 0 Å². The maximum atomic E-state index is 5.53. The minimum absolute atomic E-state index is 0.534. The van der Waals surface area contributed by atoms with E-state index in [4.69, 9.17) is 4.42 Å². The summed E-state index contributed by atoms with van der Waals surface area (Å²) in [5, 5.41) is 11.0. The zero-order valence-corrected chi connectivity index (χ0v) is 10.4. The number of hydrogen-bond donors (Lipinski definition) is 1. The Morgan fingerprint density at radius 2 is 1.88 bits per heavy atom. The van der Waals surface area contributed by atoms with Gasteiger partial charge in [-0.2, -0.15) is 0 Å². The molecule has 2 aromatic rings. The fourth-order valence-electron chi connectivity index (χ4n) is 1.60. The van der Waals surface area contributed by atoms with E-state index in [1.807, 2.05) is 19.2 Å². The molecule has 0 aliphatic heterocycles. The molecular weight excluding hydrogens is 214 g/mol. The highest BCUT2D eigenvalue weighted by molar-refractivity contribution is 5.53. The second kappa shape index (κ2) is 5.10. The number of rotatable bonds is 4. The first-order chi connectivity index (χ1) is 8.20. The molecule has 1 N–H and O–H groups in total. The molecule has 0 saturated heterocycles. The van der Waals surface area contributed by atoms with Gasteiger partial charge in [0.15, 0.2) is 0 Å². The normalized spacial score (nSPS) is 11.1. The van der Waals surface area contributed by atoms with Crippen molar-refractivity contribution in [3.63, 3.8) is 0 Å². The van der Waals surface area contributed by atoms with E-state index >= 15 is 0 Å². The molecule has 0 fully saturated rings. The lowest BCUT2D eigenvalue weighted by Crippen LogP contribution is -2.04. The topological polar surface area (TPSA) is 51.0 Å². The summed E-state index contributed by atoms with van der Waals surface area (Å²) in [6.07, 6.45) is 0. The minimum Gasteiger partial charge on any atom is -0.419 e. The highest BCUT2D eigenvalue weighted by atomic mass is 16.4. The van der Waals surface area contributed by atoms with Crippen molar-refractivity contribution >= 4 is 0 Å². The van der Waals surface area contributed by atoms with Crippen molar-refractivity contribution in [2.45, 2.75) is 26.3 Å². The molecule has 90 valence electrons. The van der Waals surface area contributed by atoms with Crippen molar-refractivity contribution in [3.05, 3.63) is 35.7 Å². The Hall–Kier alpha value is -1.68. The summed E-state index contributed by atoms with van der Waals surface area (Å²) in [6, 6.07) is 8.24. The van der Waals surface area contributed by atoms with E-state index in [1.54, 1.807) is 0 Å². The lowest BCUT2D eigenvalue weighted by Gasteiger charge is -2.04. The third-order valence-corrected chi connectivity index (χ3v) is 2.62. The Bertz CT molecular complexity index is 474. The van der Waals surface area contributed by atoms with Crippen molar-refractivity contribution in [2.24, 2.45) is 0 Å². The predicted octanol–water partition coefficient (Wildman–Crippen LogP) is 2.58. The molecule has 1 aromatic heterocycles. The number of nitrogens with zero attached hydrogens (tertiary/aromatic N) is 2. The van der Waals surface area contributed by atoms with Gasteiger partial charge in [0.1, 0.15) is 0 Å². The minimum atomic E-state index is 0.534. The molecule has 0 spiro atoms. The molecule has 0 unspecified atom stereocenters. The zero-order chi connectivity index (χ0) is 12.3. The Balaban J connectivity index is 2.21. The summed E-state index contributed by atoms with van der Waals surface area (Å²) in [6.45, 7) is 4.94. The zero-order valence-electron chi connectivity index (χ0n) is 10.4. The predicted molar refractivity (Wildman–Crippen MR) is 66.6 cm³/mol. The Morgan fingerprint density at radius 3 is 2.47 bits per heavy atom. The third-order valence-electron chi connectivity index (χ3n) is 2.62. The van der Waals surface area contributed by atoms with Gasteiger partial charge in [0.2, 0.25) is 11.8 Å². The first-order valence-corrected chi connectivity index (χ1v) is 5.78. The van der Waals surface area contributed by atoms with E-state index in [-0.39, 0.29) is 0 Å². The van der Waals surface area contributed by atoms with Gasteiger partial charge in [-0.15, -0.1) is 10.2 Å². The summed E-state index contributed by atoms with van der Waals surface area (Å²) in [5.41, 5.74) is 2.27. The first-order valence-electron chi connectivity index (χ1n) is 5.78. The summed E-state index contributed by atoms with van der Waals surface area (Å²) < 4.78 is 5.53. The number of aromatic nitrogens is 2. The molecule has 0 atom stereocenters. The fraction of sp³-hybridized carbons (Fsp3) is 0.385. The van der Waals surface area contributed by atoms with Crippen LogP contribution < -0.4 is 5.32 Å². The SMILES string of the molecule is CNCc1nnc(-c2ccc(C(C)C)cc2)o1. The van der Waals surface area contributed by atoms with Crippen molar-refractivity contribution < 1.29 is 4.42 Å². The van der Waals surface area contributed by atoms with E-state index < -0.39 is 0 Å². The Labute approximate surface area is 101 Å². The maximum absolute atomic E-state index is 5.53. The number of benzene rings is 1. The molecule has 0 amide bonds. The van der Waals surface area contributed by atoms with Crippen molar-refractivity contribution in [1.82, 2.24) is 15.5 Å². The molecule has 0 radical (unpaired) electrons. The van der Waals surface area contributed by atoms with Gasteiger partial charge in [-0.25, -0.2) is 0 Å². The van der Waals surface area contributed by atoms with Gasteiger partial charge < -0.3 is 9.73 Å². The summed E-state index contributed by atoms with van der Waals surface area (Å²) in [7, 11) is 1.85. The van der Waals surface area contributed by atoms with Crippen molar-refractivity contribution in [2.75, 3.05) is 7.05 Å². The van der Waals surface area contributed by atoms with Crippen LogP contribution >= 0.6 is 0 Å². The molecular formula is C13H17N3O. The second-order valence-electron chi connectivity index (χ2n) is 4.31. The van der Waals surface area contributed by atoms with Gasteiger partial charge in [0.25, 0.3) is 0 Å². The van der Waals surface area contributed by atoms with Crippen molar-refractivity contribution in [3.8, 4) is 11.5 Å². The highest BCUT2D eigenvalue weighted by Gasteiger charge is 2.08. The molecule has 4 nitrogen and oxygen atoms in total. The van der Waals surface area contributed by atoms with Crippen LogP contribution in [0.4, 0.5) is 0 Å². The average Bonchev–Trinajstić information content (AvgIpc) is 2.78. The Kier molecular flexibility index (Phi) is 3.54. The van der Waals surface area contributed by atoms with E-state index in [2.05, 4.69) is 41.5 Å². The lowest BCUT2D eigenvalue weighted by molar-refractivity contribution is 0.490. The molecule has 1 aromatic carbocycles. The van der Waals surface area contributed by atoms with E-state index in [0.717, 1.165) is 5.56 Å². The molecule has 4 heteroatoms. The number of hydrogen-bond acceptors (Lipinski definition) is 4. The maximum Gasteiger partial charge on any atom is 0.247 e. The van der Waals surface area contributed by atoms with Crippen LogP contribution in [0.1, 0.15) is 31.2 Å². The van der Waals surface area contributed by atoms with Gasteiger partial charge in [0.05, 0.1) is 6.54 Å². The first kappa shape index (κ1) is 11.8. The van der Waals surface area contributed by atoms with Crippen LogP contribution in [0.5, 0.6) is 0 Å². The molecule has 0 aliphatic rings. The van der Waals surface area contributed by atoms with Gasteiger partial charge >= 0.3 is 0 Å². The number of nitrogens with one attached hydrogen (secondary N) is 1. The molecule has 2 rings (SSSR count). The molecule has 0 bridgehead atoms. The quantitative estimate of drug-likeness (QED) is 0.878. The molecule has 17 heavy (non-hydrogen) atoms. The van der Waals surface area contributed by atoms with Crippen LogP contribution in [0.25, 0.3) is 11.5 Å². The van der Waals surface area contributed by atoms with Crippen LogP contribution in [-0.4, -0.2) is 17.2 Å². The molecule has 1 heterocycles. The highest BCUT2D eigenvalue weighted by Crippen LogP contribution is 2.21. The van der Waals surface area contributed by atoms with Crippen LogP contribution in [0.2, 0.25) is 0 Å². The van der Waals surface area contributed by atoms with Crippen LogP contribution in [0.15, 0.2) is 28.7 Å². The van der Waals surface area contributed by atoms with Crippen molar-refractivity contribution in [1.29, 1.82) is 0 Å². The summed E-state index contributed by atoms with van der Waals surface area (Å²) in [4.78, 5) is 0. The monoisotopic (exact) mass is 231 g/mol. The molecule has 0 saturated carbocycles. The van der Waals surface area contributed by atoms with Crippen LogP contribution in [0.3, 0.4) is 0 Å². The van der Waals surface area contributed by atoms with E-state index in [9.17, 15) is 0 Å². The summed E-state index contributed by atoms with van der Waals surface area (Å²) >= 11 is 0. The van der Waals surface area contributed by atoms with E-state index in [0.29, 0.717) is 24.2 Å². The average molecular weight is 231 g/mol. The van der Waals surface area contributed by atoms with Gasteiger partial charge in [-0.1, -0.05) is 26.0 Å². The van der Waals surface area contributed by atoms with Gasteiger partial charge in [-0.05, 0) is 30.7 Å². The standard InChI is InChI=1S/C13H17N3O/c1-9(2)10-4-6-11(7-5-10)13-16-15-12(17-13)8-14-3/h4-7,9,14H,8H2,1-3H3. The third kappa shape index (κ3) is 2.71. The smallest absolute Gasteiger partial charge is 0.247 e. The van der Waals surface area contributed by atoms with Gasteiger partial charge in [0, 0.05) is 5.56 Å². The van der Waals surface area contributed by atoms with E-state index in [1.165, 1.54) is 5.56 Å².